The highest BCUT2D eigenvalue weighted by Crippen LogP contribution is 2.21. The molecule has 28 heavy (non-hydrogen) atoms. The lowest BCUT2D eigenvalue weighted by molar-refractivity contribution is -0.122. The van der Waals surface area contributed by atoms with E-state index in [1.54, 1.807) is 22.9 Å². The van der Waals surface area contributed by atoms with Crippen molar-refractivity contribution in [2.24, 2.45) is 0 Å². The summed E-state index contributed by atoms with van der Waals surface area (Å²) in [6.45, 7) is 4.87. The molecule has 0 spiro atoms. The molecule has 9 heteroatoms. The monoisotopic (exact) mass is 407 g/mol. The summed E-state index contributed by atoms with van der Waals surface area (Å²) >= 11 is 0. The van der Waals surface area contributed by atoms with Crippen molar-refractivity contribution in [3.05, 3.63) is 18.2 Å². The maximum atomic E-state index is 12.7. The normalized spacial score (nSPS) is 16.0. The number of carbonyl (C=O) groups excluding carboxylic acids is 1. The van der Waals surface area contributed by atoms with Crippen LogP contribution in [0.25, 0.3) is 11.0 Å². The summed E-state index contributed by atoms with van der Waals surface area (Å²) in [7, 11) is -3.53. The molecular weight excluding hydrogens is 378 g/mol. The van der Waals surface area contributed by atoms with Gasteiger partial charge in [-0.05, 0) is 31.0 Å². The second-order valence-corrected chi connectivity index (χ2v) is 9.14. The van der Waals surface area contributed by atoms with Crippen LogP contribution >= 0.6 is 0 Å². The summed E-state index contributed by atoms with van der Waals surface area (Å²) in [5, 5.41) is 11.3. The van der Waals surface area contributed by atoms with E-state index in [4.69, 9.17) is 0 Å². The third-order valence-electron chi connectivity index (χ3n) is 5.35. The summed E-state index contributed by atoms with van der Waals surface area (Å²) in [6, 6.07) is 5.14. The van der Waals surface area contributed by atoms with Crippen molar-refractivity contribution in [3.8, 4) is 0 Å². The number of carbonyl (C=O) groups is 1. The van der Waals surface area contributed by atoms with Crippen LogP contribution in [0.2, 0.25) is 0 Å². The van der Waals surface area contributed by atoms with Crippen LogP contribution < -0.4 is 5.32 Å². The van der Waals surface area contributed by atoms with Crippen molar-refractivity contribution >= 4 is 27.0 Å². The predicted octanol–water partition coefficient (Wildman–Crippen LogP) is 2.30. The van der Waals surface area contributed by atoms with Gasteiger partial charge in [-0.15, -0.1) is 5.10 Å². The largest absolute Gasteiger partial charge is 0.353 e. The van der Waals surface area contributed by atoms with Crippen LogP contribution in [-0.4, -0.2) is 52.8 Å². The van der Waals surface area contributed by atoms with E-state index in [9.17, 15) is 13.2 Å². The Morgan fingerprint density at radius 1 is 1.21 bits per heavy atom. The maximum Gasteiger partial charge on any atom is 0.243 e. The first-order valence-electron chi connectivity index (χ1n) is 10.1. The number of fused-ring (bicyclic) bond motifs is 1. The summed E-state index contributed by atoms with van der Waals surface area (Å²) < 4.78 is 28.4. The zero-order chi connectivity index (χ0) is 20.1. The standard InChI is InChI=1S/C19H29N5O3S/c1-3-23(4-2)28(26,27)16-10-11-18-17(14-16)21-22-24(18)13-12-19(25)20-15-8-6-5-7-9-15/h10-11,14-15H,3-9,12-13H2,1-2H3,(H,20,25). The van der Waals surface area contributed by atoms with Gasteiger partial charge in [0.25, 0.3) is 0 Å². The number of sulfonamides is 1. The molecule has 1 aliphatic rings. The SMILES string of the molecule is CCN(CC)S(=O)(=O)c1ccc2c(c1)nnn2CCC(=O)NC1CCCCC1. The number of hydrogen-bond donors (Lipinski definition) is 1. The third-order valence-corrected chi connectivity index (χ3v) is 7.40. The Morgan fingerprint density at radius 2 is 1.93 bits per heavy atom. The molecule has 1 amide bonds. The molecule has 154 valence electrons. The zero-order valence-corrected chi connectivity index (χ0v) is 17.4. The molecule has 3 rings (SSSR count). The fourth-order valence-electron chi connectivity index (χ4n) is 3.74. The average Bonchev–Trinajstić information content (AvgIpc) is 3.10. The van der Waals surface area contributed by atoms with Crippen molar-refractivity contribution in [1.29, 1.82) is 0 Å². The fourth-order valence-corrected chi connectivity index (χ4v) is 5.22. The smallest absolute Gasteiger partial charge is 0.243 e. The zero-order valence-electron chi connectivity index (χ0n) is 16.6. The molecule has 0 radical (unpaired) electrons. The predicted molar refractivity (Wildman–Crippen MR) is 107 cm³/mol. The number of nitrogens with zero attached hydrogens (tertiary/aromatic N) is 4. The van der Waals surface area contributed by atoms with Crippen molar-refractivity contribution in [3.63, 3.8) is 0 Å². The number of aromatic nitrogens is 3. The van der Waals surface area contributed by atoms with E-state index in [0.717, 1.165) is 18.4 Å². The average molecular weight is 408 g/mol. The second kappa shape index (κ2) is 9.00. The van der Waals surface area contributed by atoms with E-state index in [1.165, 1.54) is 23.6 Å². The summed E-state index contributed by atoms with van der Waals surface area (Å²) in [5.74, 6) is 0.0243. The topological polar surface area (TPSA) is 97.2 Å². The van der Waals surface area contributed by atoms with Crippen molar-refractivity contribution in [1.82, 2.24) is 24.6 Å². The van der Waals surface area contributed by atoms with E-state index in [0.29, 0.717) is 37.6 Å². The number of hydrogen-bond acceptors (Lipinski definition) is 5. The quantitative estimate of drug-likeness (QED) is 0.724. The van der Waals surface area contributed by atoms with Gasteiger partial charge in [-0.2, -0.15) is 4.31 Å². The molecular formula is C19H29N5O3S. The van der Waals surface area contributed by atoms with Crippen LogP contribution in [0.15, 0.2) is 23.1 Å². The van der Waals surface area contributed by atoms with Gasteiger partial charge in [0.05, 0.1) is 17.0 Å². The Hall–Kier alpha value is -2.00. The Labute approximate surface area is 166 Å². The molecule has 1 heterocycles. The van der Waals surface area contributed by atoms with Crippen LogP contribution in [0.3, 0.4) is 0 Å². The van der Waals surface area contributed by atoms with E-state index >= 15 is 0 Å². The van der Waals surface area contributed by atoms with Gasteiger partial charge in [0.2, 0.25) is 15.9 Å². The van der Waals surface area contributed by atoms with Crippen molar-refractivity contribution < 1.29 is 13.2 Å². The van der Waals surface area contributed by atoms with Crippen LogP contribution in [0.4, 0.5) is 0 Å². The Bertz CT molecular complexity index is 915. The number of nitrogens with one attached hydrogen (secondary N) is 1. The number of benzene rings is 1. The minimum atomic E-state index is -3.53. The molecule has 1 aliphatic carbocycles. The maximum absolute atomic E-state index is 12.7. The number of rotatable bonds is 8. The lowest BCUT2D eigenvalue weighted by atomic mass is 9.95. The highest BCUT2D eigenvalue weighted by Gasteiger charge is 2.22. The van der Waals surface area contributed by atoms with Gasteiger partial charge < -0.3 is 5.32 Å². The molecule has 0 aliphatic heterocycles. The first kappa shape index (κ1) is 20.7. The molecule has 1 fully saturated rings. The van der Waals surface area contributed by atoms with Gasteiger partial charge in [0.1, 0.15) is 5.52 Å². The summed E-state index contributed by atoms with van der Waals surface area (Å²) in [5.41, 5.74) is 1.24. The molecule has 2 aromatic rings. The van der Waals surface area contributed by atoms with E-state index in [1.807, 2.05) is 13.8 Å². The fraction of sp³-hybridized carbons (Fsp3) is 0.632. The molecule has 0 bridgehead atoms. The highest BCUT2D eigenvalue weighted by molar-refractivity contribution is 7.89. The van der Waals surface area contributed by atoms with Crippen LogP contribution in [-0.2, 0) is 21.4 Å². The van der Waals surface area contributed by atoms with Crippen molar-refractivity contribution in [2.45, 2.75) is 69.9 Å². The van der Waals surface area contributed by atoms with Gasteiger partial charge >= 0.3 is 0 Å². The first-order valence-corrected chi connectivity index (χ1v) is 11.5. The molecule has 8 nitrogen and oxygen atoms in total. The molecule has 0 saturated heterocycles. The Kier molecular flexibility index (Phi) is 6.66. The molecule has 1 N–H and O–H groups in total. The van der Waals surface area contributed by atoms with Crippen molar-refractivity contribution in [2.75, 3.05) is 13.1 Å². The van der Waals surface area contributed by atoms with E-state index < -0.39 is 10.0 Å². The Balaban J connectivity index is 1.68. The first-order chi connectivity index (χ1) is 13.5. The molecule has 0 atom stereocenters. The van der Waals surface area contributed by atoms with Gasteiger partial charge in [-0.3, -0.25) is 4.79 Å². The second-order valence-electron chi connectivity index (χ2n) is 7.20. The highest BCUT2D eigenvalue weighted by atomic mass is 32.2. The lowest BCUT2D eigenvalue weighted by Crippen LogP contribution is -2.36. The lowest BCUT2D eigenvalue weighted by Gasteiger charge is -2.22. The van der Waals surface area contributed by atoms with E-state index in [2.05, 4.69) is 15.6 Å². The van der Waals surface area contributed by atoms with Crippen LogP contribution in [0.1, 0.15) is 52.4 Å². The number of amides is 1. The minimum absolute atomic E-state index is 0.0243. The van der Waals surface area contributed by atoms with Gasteiger partial charge in [0, 0.05) is 25.6 Å². The summed E-state index contributed by atoms with van der Waals surface area (Å²) in [4.78, 5) is 12.4. The van der Waals surface area contributed by atoms with Gasteiger partial charge in [-0.1, -0.05) is 38.3 Å². The van der Waals surface area contributed by atoms with E-state index in [-0.39, 0.29) is 10.8 Å². The molecule has 1 saturated carbocycles. The third kappa shape index (κ3) is 4.52. The molecule has 0 unspecified atom stereocenters. The van der Waals surface area contributed by atoms with Gasteiger partial charge in [-0.25, -0.2) is 13.1 Å². The molecule has 1 aromatic carbocycles. The van der Waals surface area contributed by atoms with Crippen LogP contribution in [0, 0.1) is 0 Å². The Morgan fingerprint density at radius 3 is 2.61 bits per heavy atom. The number of aryl methyl sites for hydroxylation is 1. The van der Waals surface area contributed by atoms with Gasteiger partial charge in [0.15, 0.2) is 0 Å². The minimum Gasteiger partial charge on any atom is -0.353 e. The molecule has 1 aromatic heterocycles. The van der Waals surface area contributed by atoms with Crippen LogP contribution in [0.5, 0.6) is 0 Å². The summed E-state index contributed by atoms with van der Waals surface area (Å²) in [6.07, 6.45) is 6.05.